The molecule has 142 valence electrons. The second kappa shape index (κ2) is 6.57. The summed E-state index contributed by atoms with van der Waals surface area (Å²) in [4.78, 5) is 16.3. The van der Waals surface area contributed by atoms with Crippen LogP contribution in [0.1, 0.15) is 43.7 Å². The second-order valence-corrected chi connectivity index (χ2v) is 7.95. The van der Waals surface area contributed by atoms with E-state index < -0.39 is 0 Å². The first kappa shape index (κ1) is 17.1. The zero-order valence-electron chi connectivity index (χ0n) is 16.1. The van der Waals surface area contributed by atoms with Crippen molar-refractivity contribution < 1.29 is 0 Å². The van der Waals surface area contributed by atoms with E-state index in [9.17, 15) is 5.26 Å². The molecule has 1 saturated carbocycles. The average Bonchev–Trinajstić information content (AvgIpc) is 3.49. The van der Waals surface area contributed by atoms with Crippen LogP contribution in [-0.4, -0.2) is 44.7 Å². The van der Waals surface area contributed by atoms with Gasteiger partial charge in [0.25, 0.3) is 0 Å². The van der Waals surface area contributed by atoms with Crippen molar-refractivity contribution in [1.29, 1.82) is 5.26 Å². The van der Waals surface area contributed by atoms with Gasteiger partial charge >= 0.3 is 0 Å². The van der Waals surface area contributed by atoms with E-state index in [-0.39, 0.29) is 0 Å². The zero-order valence-corrected chi connectivity index (χ0v) is 16.1. The van der Waals surface area contributed by atoms with Crippen molar-refractivity contribution in [3.63, 3.8) is 0 Å². The standard InChI is InChI=1S/C21H23N7/c1-13-10-27(14(2)9-24-13)20-19-17(16-3-4-16)11-28(21(19)26-12-25-20)18-7-15(8-22)5-6-23-18/h5-7,11-14,16,24H,3-4,9-10H2,1-2H3/t13-,14+/m1/s1. The molecule has 0 radical (unpaired) electrons. The largest absolute Gasteiger partial charge is 0.350 e. The molecule has 3 aromatic heterocycles. The van der Waals surface area contributed by atoms with E-state index in [2.05, 4.69) is 46.3 Å². The minimum Gasteiger partial charge on any atom is -0.350 e. The summed E-state index contributed by atoms with van der Waals surface area (Å²) in [5.74, 6) is 2.30. The van der Waals surface area contributed by atoms with Crippen LogP contribution in [0.15, 0.2) is 30.9 Å². The summed E-state index contributed by atoms with van der Waals surface area (Å²) in [5.41, 5.74) is 2.76. The topological polar surface area (TPSA) is 82.7 Å². The second-order valence-electron chi connectivity index (χ2n) is 7.95. The van der Waals surface area contributed by atoms with Crippen molar-refractivity contribution >= 4 is 16.9 Å². The van der Waals surface area contributed by atoms with Crippen molar-refractivity contribution in [3.05, 3.63) is 42.0 Å². The quantitative estimate of drug-likeness (QED) is 0.760. The Morgan fingerprint density at radius 3 is 2.86 bits per heavy atom. The van der Waals surface area contributed by atoms with Crippen molar-refractivity contribution in [1.82, 2.24) is 24.8 Å². The average molecular weight is 373 g/mol. The highest BCUT2D eigenvalue weighted by molar-refractivity contribution is 5.93. The molecule has 1 aliphatic heterocycles. The molecule has 0 bridgehead atoms. The Balaban J connectivity index is 1.71. The number of aromatic nitrogens is 4. The van der Waals surface area contributed by atoms with Gasteiger partial charge in [-0.2, -0.15) is 5.26 Å². The Morgan fingerprint density at radius 1 is 1.21 bits per heavy atom. The van der Waals surface area contributed by atoms with E-state index >= 15 is 0 Å². The lowest BCUT2D eigenvalue weighted by molar-refractivity contribution is 0.423. The molecule has 5 rings (SSSR count). The number of fused-ring (bicyclic) bond motifs is 1. The van der Waals surface area contributed by atoms with Crippen LogP contribution in [0.4, 0.5) is 5.82 Å². The van der Waals surface area contributed by atoms with Crippen LogP contribution in [0.2, 0.25) is 0 Å². The third-order valence-corrected chi connectivity index (χ3v) is 5.77. The molecule has 0 unspecified atom stereocenters. The Hall–Kier alpha value is -2.98. The van der Waals surface area contributed by atoms with Gasteiger partial charge in [-0.3, -0.25) is 4.57 Å². The fraction of sp³-hybridized carbons (Fsp3) is 0.429. The van der Waals surface area contributed by atoms with Gasteiger partial charge in [-0.1, -0.05) is 0 Å². The van der Waals surface area contributed by atoms with Gasteiger partial charge in [0.2, 0.25) is 0 Å². The van der Waals surface area contributed by atoms with Gasteiger partial charge in [0.1, 0.15) is 18.0 Å². The number of hydrogen-bond donors (Lipinski definition) is 1. The lowest BCUT2D eigenvalue weighted by atomic mass is 10.1. The fourth-order valence-corrected chi connectivity index (χ4v) is 4.11. The van der Waals surface area contributed by atoms with Crippen molar-refractivity contribution in [2.24, 2.45) is 0 Å². The molecule has 2 aliphatic rings. The molecule has 0 aromatic carbocycles. The molecule has 2 atom stereocenters. The summed E-state index contributed by atoms with van der Waals surface area (Å²) in [5, 5.41) is 13.9. The highest BCUT2D eigenvalue weighted by atomic mass is 15.3. The number of nitrogens with zero attached hydrogens (tertiary/aromatic N) is 6. The van der Waals surface area contributed by atoms with E-state index in [1.54, 1.807) is 18.6 Å². The maximum absolute atomic E-state index is 9.27. The van der Waals surface area contributed by atoms with Gasteiger partial charge in [-0.25, -0.2) is 15.0 Å². The van der Waals surface area contributed by atoms with Crippen LogP contribution in [0.3, 0.4) is 0 Å². The molecule has 0 spiro atoms. The van der Waals surface area contributed by atoms with E-state index in [1.165, 1.54) is 18.4 Å². The SMILES string of the molecule is C[C@@H]1CN(c2ncnc3c2c(C2CC2)cn3-c2cc(C#N)ccn2)[C@@H](C)CN1. The maximum Gasteiger partial charge on any atom is 0.151 e. The van der Waals surface area contributed by atoms with Crippen LogP contribution in [0.25, 0.3) is 16.9 Å². The first-order valence-electron chi connectivity index (χ1n) is 9.88. The molecule has 4 heterocycles. The minimum absolute atomic E-state index is 0.366. The molecule has 0 amide bonds. The number of rotatable bonds is 3. The Bertz CT molecular complexity index is 1080. The predicted molar refractivity (Wildman–Crippen MR) is 108 cm³/mol. The van der Waals surface area contributed by atoms with Crippen LogP contribution in [-0.2, 0) is 0 Å². The molecule has 7 heteroatoms. The monoisotopic (exact) mass is 373 g/mol. The summed E-state index contributed by atoms with van der Waals surface area (Å²) in [6.45, 7) is 6.31. The fourth-order valence-electron chi connectivity index (χ4n) is 4.11. The third kappa shape index (κ3) is 2.81. The molecule has 7 nitrogen and oxygen atoms in total. The molecule has 1 N–H and O–H groups in total. The molecule has 28 heavy (non-hydrogen) atoms. The summed E-state index contributed by atoms with van der Waals surface area (Å²) in [7, 11) is 0. The van der Waals surface area contributed by atoms with Gasteiger partial charge in [-0.05, 0) is 50.3 Å². The van der Waals surface area contributed by atoms with E-state index in [0.717, 1.165) is 35.8 Å². The number of piperazine rings is 1. The lowest BCUT2D eigenvalue weighted by Gasteiger charge is -2.38. The first-order chi connectivity index (χ1) is 13.7. The summed E-state index contributed by atoms with van der Waals surface area (Å²) < 4.78 is 2.02. The smallest absolute Gasteiger partial charge is 0.151 e. The third-order valence-electron chi connectivity index (χ3n) is 5.77. The van der Waals surface area contributed by atoms with Crippen molar-refractivity contribution in [2.45, 2.75) is 44.7 Å². The first-order valence-corrected chi connectivity index (χ1v) is 9.88. The minimum atomic E-state index is 0.366. The molecule has 2 fully saturated rings. The van der Waals surface area contributed by atoms with Gasteiger partial charge in [0.15, 0.2) is 5.65 Å². The van der Waals surface area contributed by atoms with E-state index in [4.69, 9.17) is 4.98 Å². The van der Waals surface area contributed by atoms with Gasteiger partial charge in [-0.15, -0.1) is 0 Å². The molecule has 1 aliphatic carbocycles. The van der Waals surface area contributed by atoms with E-state index in [1.807, 2.05) is 10.6 Å². The van der Waals surface area contributed by atoms with Gasteiger partial charge in [0, 0.05) is 37.6 Å². The molecular formula is C21H23N7. The van der Waals surface area contributed by atoms with Crippen LogP contribution in [0, 0.1) is 11.3 Å². The highest BCUT2D eigenvalue weighted by Crippen LogP contribution is 2.46. The van der Waals surface area contributed by atoms with Crippen molar-refractivity contribution in [3.8, 4) is 11.9 Å². The summed E-state index contributed by atoms with van der Waals surface area (Å²) in [6.07, 6.45) is 7.89. The van der Waals surface area contributed by atoms with E-state index in [0.29, 0.717) is 23.6 Å². The number of anilines is 1. The van der Waals surface area contributed by atoms with Gasteiger partial charge < -0.3 is 10.2 Å². The number of pyridine rings is 1. The normalized spacial score (nSPS) is 22.4. The number of hydrogen-bond acceptors (Lipinski definition) is 6. The number of nitriles is 1. The molecule has 3 aromatic rings. The van der Waals surface area contributed by atoms with Crippen LogP contribution >= 0.6 is 0 Å². The van der Waals surface area contributed by atoms with Crippen LogP contribution in [0.5, 0.6) is 0 Å². The molecular weight excluding hydrogens is 350 g/mol. The summed E-state index contributed by atoms with van der Waals surface area (Å²) in [6, 6.07) is 6.52. The summed E-state index contributed by atoms with van der Waals surface area (Å²) >= 11 is 0. The maximum atomic E-state index is 9.27. The lowest BCUT2D eigenvalue weighted by Crippen LogP contribution is -2.54. The van der Waals surface area contributed by atoms with Gasteiger partial charge in [0.05, 0.1) is 17.0 Å². The highest BCUT2D eigenvalue weighted by Gasteiger charge is 2.33. The Morgan fingerprint density at radius 2 is 2.07 bits per heavy atom. The Kier molecular flexibility index (Phi) is 4.02. The zero-order chi connectivity index (χ0) is 19.3. The van der Waals surface area contributed by atoms with Crippen molar-refractivity contribution in [2.75, 3.05) is 18.0 Å². The number of nitrogens with one attached hydrogen (secondary N) is 1. The Labute approximate surface area is 164 Å². The molecule has 1 saturated heterocycles. The predicted octanol–water partition coefficient (Wildman–Crippen LogP) is 2.75. The van der Waals surface area contributed by atoms with Crippen LogP contribution < -0.4 is 10.2 Å².